The van der Waals surface area contributed by atoms with Gasteiger partial charge in [0.15, 0.2) is 0 Å². The molecule has 2 heteroatoms. The third kappa shape index (κ3) is 4.46. The van der Waals surface area contributed by atoms with E-state index in [9.17, 15) is 0 Å². The lowest BCUT2D eigenvalue weighted by Gasteiger charge is -2.35. The number of quaternary nitrogens is 1. The molecule has 1 atom stereocenters. The van der Waals surface area contributed by atoms with E-state index in [4.69, 9.17) is 0 Å². The van der Waals surface area contributed by atoms with Gasteiger partial charge in [-0.25, -0.2) is 0 Å². The van der Waals surface area contributed by atoms with Gasteiger partial charge in [0.1, 0.15) is 0 Å². The van der Waals surface area contributed by atoms with E-state index in [1.165, 1.54) is 54.5 Å². The van der Waals surface area contributed by atoms with Crippen LogP contribution in [0.4, 0.5) is 0 Å². The van der Waals surface area contributed by atoms with Gasteiger partial charge in [0.25, 0.3) is 0 Å². The molecule has 1 unspecified atom stereocenters. The normalized spacial score (nSPS) is 18.3. The number of hydrogen-bond acceptors (Lipinski definition) is 0. The number of likely N-dealkylation sites (tertiary alicyclic amines) is 1. The van der Waals surface area contributed by atoms with Crippen molar-refractivity contribution >= 4 is 0 Å². The molecule has 0 bridgehead atoms. The summed E-state index contributed by atoms with van der Waals surface area (Å²) in [5, 5.41) is 0. The van der Waals surface area contributed by atoms with Crippen molar-refractivity contribution < 1.29 is 21.5 Å². The smallest absolute Gasteiger partial charge is 0.0971 e. The quantitative estimate of drug-likeness (QED) is 0.536. The molecule has 20 heavy (non-hydrogen) atoms. The predicted molar refractivity (Wildman–Crippen MR) is 83.2 cm³/mol. The fourth-order valence-corrected chi connectivity index (χ4v) is 3.66. The van der Waals surface area contributed by atoms with E-state index in [-0.39, 0.29) is 17.0 Å². The van der Waals surface area contributed by atoms with Gasteiger partial charge in [0, 0.05) is 18.8 Å². The van der Waals surface area contributed by atoms with Crippen molar-refractivity contribution in [3.05, 3.63) is 48.0 Å². The molecule has 1 aliphatic rings. The van der Waals surface area contributed by atoms with Crippen molar-refractivity contribution in [1.29, 1.82) is 0 Å². The monoisotopic (exact) mass is 337 g/mol. The van der Waals surface area contributed by atoms with Crippen LogP contribution in [-0.4, -0.2) is 30.7 Å². The molecule has 1 fully saturated rings. The van der Waals surface area contributed by atoms with Crippen LogP contribution in [0.15, 0.2) is 36.9 Å². The largest absolute Gasteiger partial charge is 1.00 e. The van der Waals surface area contributed by atoms with Gasteiger partial charge in [-0.05, 0) is 30.5 Å². The van der Waals surface area contributed by atoms with E-state index in [0.717, 1.165) is 12.5 Å². The average molecular weight is 338 g/mol. The summed E-state index contributed by atoms with van der Waals surface area (Å²) in [6.07, 6.45) is 6.12. The van der Waals surface area contributed by atoms with Crippen molar-refractivity contribution in [3.63, 3.8) is 0 Å². The molecular weight excluding hydrogens is 310 g/mol. The van der Waals surface area contributed by atoms with Gasteiger partial charge in [-0.15, -0.1) is 0 Å². The fraction of sp³-hybridized carbons (Fsp3) is 0.556. The second-order valence-electron chi connectivity index (χ2n) is 6.39. The minimum atomic E-state index is 0. The number of nitrogens with zero attached hydrogens (tertiary/aromatic N) is 1. The number of rotatable bonds is 6. The van der Waals surface area contributed by atoms with E-state index >= 15 is 0 Å². The zero-order valence-corrected chi connectivity index (χ0v) is 14.5. The molecule has 112 valence electrons. The van der Waals surface area contributed by atoms with Gasteiger partial charge >= 0.3 is 0 Å². The lowest BCUT2D eigenvalue weighted by molar-refractivity contribution is -0.914. The Morgan fingerprint density at radius 1 is 1.25 bits per heavy atom. The summed E-state index contributed by atoms with van der Waals surface area (Å²) in [6, 6.07) is 8.81. The SMILES string of the molecule is C=CC[N+]1(CC(C)Cc2ccccc2C)CCCC1.[Br-]. The van der Waals surface area contributed by atoms with Crippen LogP contribution >= 0.6 is 0 Å². The molecule has 2 rings (SSSR count). The summed E-state index contributed by atoms with van der Waals surface area (Å²) < 4.78 is 1.27. The standard InChI is InChI=1S/C18H28N.BrH/c1-4-11-19(12-7-8-13-19)15-16(2)14-18-10-6-5-9-17(18)3;/h4-6,9-10,16H,1,7-8,11-15H2,2-3H3;1H/q+1;/p-1. The van der Waals surface area contributed by atoms with Crippen LogP contribution in [0.3, 0.4) is 0 Å². The highest BCUT2D eigenvalue weighted by Gasteiger charge is 2.32. The van der Waals surface area contributed by atoms with Crippen molar-refractivity contribution in [1.82, 2.24) is 0 Å². The van der Waals surface area contributed by atoms with Crippen LogP contribution in [0.1, 0.15) is 30.9 Å². The van der Waals surface area contributed by atoms with Gasteiger partial charge in [-0.2, -0.15) is 0 Å². The first-order chi connectivity index (χ1) is 9.15. The molecule has 1 aromatic carbocycles. The molecule has 0 amide bonds. The first-order valence-corrected chi connectivity index (χ1v) is 7.66. The molecular formula is C18H28BrN. The Morgan fingerprint density at radius 3 is 2.50 bits per heavy atom. The van der Waals surface area contributed by atoms with Gasteiger partial charge in [0.2, 0.25) is 0 Å². The van der Waals surface area contributed by atoms with Crippen LogP contribution in [0.2, 0.25) is 0 Å². The van der Waals surface area contributed by atoms with E-state index in [0.29, 0.717) is 0 Å². The van der Waals surface area contributed by atoms with E-state index in [1.807, 2.05) is 0 Å². The summed E-state index contributed by atoms with van der Waals surface area (Å²) in [6.45, 7) is 13.8. The second-order valence-corrected chi connectivity index (χ2v) is 6.39. The second kappa shape index (κ2) is 7.99. The van der Waals surface area contributed by atoms with Crippen molar-refractivity contribution in [2.75, 3.05) is 26.2 Å². The van der Waals surface area contributed by atoms with Gasteiger partial charge in [0.05, 0.1) is 26.2 Å². The van der Waals surface area contributed by atoms with E-state index in [1.54, 1.807) is 0 Å². The Labute approximate surface area is 135 Å². The van der Waals surface area contributed by atoms with Gasteiger partial charge in [-0.3, -0.25) is 0 Å². The van der Waals surface area contributed by atoms with Crippen molar-refractivity contribution in [2.45, 2.75) is 33.1 Å². The van der Waals surface area contributed by atoms with Crippen LogP contribution in [0.25, 0.3) is 0 Å². The third-order valence-electron chi connectivity index (χ3n) is 4.56. The maximum atomic E-state index is 3.96. The average Bonchev–Trinajstić information content (AvgIpc) is 2.81. The summed E-state index contributed by atoms with van der Waals surface area (Å²) >= 11 is 0. The highest BCUT2D eigenvalue weighted by Crippen LogP contribution is 2.23. The highest BCUT2D eigenvalue weighted by molar-refractivity contribution is 5.25. The Hall–Kier alpha value is -0.600. The number of benzene rings is 1. The van der Waals surface area contributed by atoms with E-state index in [2.05, 4.69) is 50.8 Å². The molecule has 1 aliphatic heterocycles. The highest BCUT2D eigenvalue weighted by atomic mass is 79.9. The molecule has 0 spiro atoms. The van der Waals surface area contributed by atoms with Crippen LogP contribution in [0, 0.1) is 12.8 Å². The molecule has 0 N–H and O–H groups in total. The summed E-state index contributed by atoms with van der Waals surface area (Å²) in [5.74, 6) is 0.749. The molecule has 1 saturated heterocycles. The van der Waals surface area contributed by atoms with Gasteiger partial charge < -0.3 is 21.5 Å². The molecule has 0 aromatic heterocycles. The molecule has 1 heterocycles. The summed E-state index contributed by atoms with van der Waals surface area (Å²) in [7, 11) is 0. The fourth-order valence-electron chi connectivity index (χ4n) is 3.66. The zero-order chi connectivity index (χ0) is 13.7. The van der Waals surface area contributed by atoms with Crippen molar-refractivity contribution in [3.8, 4) is 0 Å². The summed E-state index contributed by atoms with van der Waals surface area (Å²) in [5.41, 5.74) is 2.96. The maximum Gasteiger partial charge on any atom is 0.0971 e. The molecule has 1 aromatic rings. The minimum absolute atomic E-state index is 0. The van der Waals surface area contributed by atoms with Gasteiger partial charge in [-0.1, -0.05) is 37.8 Å². The number of halogens is 1. The molecule has 0 aliphatic carbocycles. The lowest BCUT2D eigenvalue weighted by atomic mass is 9.96. The zero-order valence-electron chi connectivity index (χ0n) is 12.9. The molecule has 0 saturated carbocycles. The first-order valence-electron chi connectivity index (χ1n) is 7.66. The number of aryl methyl sites for hydroxylation is 1. The Bertz CT molecular complexity index is 421. The Balaban J connectivity index is 0.00000200. The predicted octanol–water partition coefficient (Wildman–Crippen LogP) is 0.974. The molecule has 0 radical (unpaired) electrons. The first kappa shape index (κ1) is 17.5. The van der Waals surface area contributed by atoms with Crippen LogP contribution in [0.5, 0.6) is 0 Å². The van der Waals surface area contributed by atoms with Crippen molar-refractivity contribution in [2.24, 2.45) is 5.92 Å². The van der Waals surface area contributed by atoms with Crippen LogP contribution < -0.4 is 17.0 Å². The third-order valence-corrected chi connectivity index (χ3v) is 4.56. The number of hydrogen-bond donors (Lipinski definition) is 0. The van der Waals surface area contributed by atoms with Crippen LogP contribution in [-0.2, 0) is 6.42 Å². The topological polar surface area (TPSA) is 0 Å². The molecule has 1 nitrogen and oxygen atoms in total. The Kier molecular flexibility index (Phi) is 6.97. The Morgan fingerprint density at radius 2 is 1.90 bits per heavy atom. The minimum Gasteiger partial charge on any atom is -1.00 e. The lowest BCUT2D eigenvalue weighted by Crippen LogP contribution is -3.00. The maximum absolute atomic E-state index is 3.96. The van der Waals surface area contributed by atoms with E-state index < -0.39 is 0 Å². The summed E-state index contributed by atoms with van der Waals surface area (Å²) in [4.78, 5) is 0.